The van der Waals surface area contributed by atoms with E-state index in [0.29, 0.717) is 24.4 Å². The van der Waals surface area contributed by atoms with Gasteiger partial charge < -0.3 is 9.84 Å². The minimum absolute atomic E-state index is 0.101. The molecule has 5 atom stereocenters. The van der Waals surface area contributed by atoms with Gasteiger partial charge in [0.2, 0.25) is 5.60 Å². The van der Waals surface area contributed by atoms with Crippen molar-refractivity contribution in [1.29, 1.82) is 0 Å². The maximum absolute atomic E-state index is 14.4. The molecule has 1 aromatic heterocycles. The highest BCUT2D eigenvalue weighted by Gasteiger charge is 2.63. The number of benzene rings is 1. The molecule has 0 radical (unpaired) electrons. The van der Waals surface area contributed by atoms with Gasteiger partial charge in [-0.1, -0.05) is 6.08 Å². The van der Waals surface area contributed by atoms with Crippen LogP contribution >= 0.6 is 0 Å². The maximum Gasteiger partial charge on any atom is 0.423 e. The molecule has 28 heavy (non-hydrogen) atoms. The second kappa shape index (κ2) is 6.74. The van der Waals surface area contributed by atoms with Crippen LogP contribution < -0.4 is 4.74 Å². The molecule has 0 saturated carbocycles. The van der Waals surface area contributed by atoms with E-state index in [2.05, 4.69) is 11.6 Å². The number of nitrogens with zero attached hydrogens (tertiary/aromatic N) is 2. The average molecular weight is 392 g/mol. The molecule has 0 spiro atoms. The van der Waals surface area contributed by atoms with Gasteiger partial charge in [0.05, 0.1) is 18.7 Å². The number of rotatable bonds is 4. The molecular weight excluding hydrogens is 369 g/mol. The summed E-state index contributed by atoms with van der Waals surface area (Å²) in [5, 5.41) is 11.6. The minimum Gasteiger partial charge on any atom is -0.497 e. The molecule has 1 aromatic carbocycles. The van der Waals surface area contributed by atoms with Crippen LogP contribution in [-0.2, 0) is 5.60 Å². The lowest BCUT2D eigenvalue weighted by Crippen LogP contribution is -2.65. The first kappa shape index (κ1) is 19.2. The number of ether oxygens (including phenoxy) is 1. The molecule has 3 aliphatic heterocycles. The number of alkyl halides is 3. The maximum atomic E-state index is 14.4. The second-order valence-corrected chi connectivity index (χ2v) is 7.70. The first-order chi connectivity index (χ1) is 13.3. The zero-order valence-corrected chi connectivity index (χ0v) is 15.6. The zero-order chi connectivity index (χ0) is 20.1. The van der Waals surface area contributed by atoms with Crippen LogP contribution in [0.2, 0.25) is 0 Å². The zero-order valence-electron chi connectivity index (χ0n) is 15.6. The molecule has 5 rings (SSSR count). The Bertz CT molecular complexity index is 901. The summed E-state index contributed by atoms with van der Waals surface area (Å²) in [6.07, 6.45) is -0.584. The molecule has 7 heteroatoms. The van der Waals surface area contributed by atoms with Gasteiger partial charge in [0.15, 0.2) is 0 Å². The molecule has 3 saturated heterocycles. The van der Waals surface area contributed by atoms with Crippen molar-refractivity contribution in [3.05, 3.63) is 48.7 Å². The third kappa shape index (κ3) is 2.79. The highest BCUT2D eigenvalue weighted by molar-refractivity contribution is 5.84. The predicted octanol–water partition coefficient (Wildman–Crippen LogP) is 3.89. The van der Waals surface area contributed by atoms with Crippen LogP contribution in [0.4, 0.5) is 13.2 Å². The molecule has 2 aromatic rings. The van der Waals surface area contributed by atoms with E-state index in [1.54, 1.807) is 17.0 Å². The minimum atomic E-state index is -4.84. The van der Waals surface area contributed by atoms with Crippen molar-refractivity contribution in [3.63, 3.8) is 0 Å². The Morgan fingerprint density at radius 2 is 2.11 bits per heavy atom. The number of hydrogen-bond donors (Lipinski definition) is 1. The first-order valence-corrected chi connectivity index (χ1v) is 9.38. The largest absolute Gasteiger partial charge is 0.497 e. The molecule has 0 aliphatic carbocycles. The van der Waals surface area contributed by atoms with E-state index in [1.165, 1.54) is 25.4 Å². The molecule has 4 nitrogen and oxygen atoms in total. The SMILES string of the molecule is C=C[C@H]1CN2CCC1C[C@@H]2[C@](O)(c1ccnc2ccc(OC)cc12)C(F)(F)F. The van der Waals surface area contributed by atoms with Crippen molar-refractivity contribution >= 4 is 10.9 Å². The number of hydrogen-bond acceptors (Lipinski definition) is 4. The smallest absolute Gasteiger partial charge is 0.423 e. The number of aliphatic hydroxyl groups is 1. The summed E-state index contributed by atoms with van der Waals surface area (Å²) in [5.41, 5.74) is -2.77. The van der Waals surface area contributed by atoms with Crippen molar-refractivity contribution < 1.29 is 23.0 Å². The predicted molar refractivity (Wildman–Crippen MR) is 100 cm³/mol. The van der Waals surface area contributed by atoms with Gasteiger partial charge >= 0.3 is 6.18 Å². The Labute approximate surface area is 161 Å². The number of pyridine rings is 1. The number of halogens is 3. The van der Waals surface area contributed by atoms with Crippen LogP contribution in [0.1, 0.15) is 18.4 Å². The molecule has 150 valence electrons. The summed E-state index contributed by atoms with van der Waals surface area (Å²) >= 11 is 0. The Balaban J connectivity index is 1.88. The quantitative estimate of drug-likeness (QED) is 0.802. The molecule has 2 bridgehead atoms. The summed E-state index contributed by atoms with van der Waals surface area (Å²) in [4.78, 5) is 5.94. The van der Waals surface area contributed by atoms with E-state index in [1.807, 2.05) is 6.08 Å². The number of fused-ring (bicyclic) bond motifs is 4. The molecule has 4 heterocycles. The van der Waals surface area contributed by atoms with Gasteiger partial charge in [-0.3, -0.25) is 9.88 Å². The van der Waals surface area contributed by atoms with Crippen LogP contribution in [0.3, 0.4) is 0 Å². The average Bonchev–Trinajstić information content (AvgIpc) is 2.71. The Hall–Kier alpha value is -2.12. The van der Waals surface area contributed by atoms with Crippen LogP contribution in [0.25, 0.3) is 10.9 Å². The fraction of sp³-hybridized carbons (Fsp3) is 0.476. The lowest BCUT2D eigenvalue weighted by molar-refractivity contribution is -0.297. The van der Waals surface area contributed by atoms with Gasteiger partial charge in [0.1, 0.15) is 5.75 Å². The normalized spacial score (nSPS) is 29.5. The second-order valence-electron chi connectivity index (χ2n) is 7.70. The fourth-order valence-electron chi connectivity index (χ4n) is 4.88. The fourth-order valence-corrected chi connectivity index (χ4v) is 4.88. The van der Waals surface area contributed by atoms with E-state index >= 15 is 0 Å². The molecule has 2 unspecified atom stereocenters. The van der Waals surface area contributed by atoms with Crippen molar-refractivity contribution in [2.24, 2.45) is 11.8 Å². The summed E-state index contributed by atoms with van der Waals surface area (Å²) in [7, 11) is 1.45. The number of aromatic nitrogens is 1. The molecular formula is C21H23F3N2O2. The van der Waals surface area contributed by atoms with Crippen LogP contribution in [0.5, 0.6) is 5.75 Å². The van der Waals surface area contributed by atoms with Crippen molar-refractivity contribution in [2.45, 2.75) is 30.7 Å². The van der Waals surface area contributed by atoms with E-state index in [4.69, 9.17) is 4.74 Å². The summed E-state index contributed by atoms with van der Waals surface area (Å²) in [6.45, 7) is 4.86. The first-order valence-electron chi connectivity index (χ1n) is 9.38. The molecule has 1 N–H and O–H groups in total. The molecule has 0 amide bonds. The topological polar surface area (TPSA) is 45.6 Å². The van der Waals surface area contributed by atoms with Gasteiger partial charge in [-0.2, -0.15) is 13.2 Å². The highest BCUT2D eigenvalue weighted by Crippen LogP contribution is 2.51. The van der Waals surface area contributed by atoms with Crippen molar-refractivity contribution in [1.82, 2.24) is 9.88 Å². The standard InChI is InChI=1S/C21H23F3N2O2/c1-3-13-12-26-9-7-14(13)10-19(26)20(27,21(22,23)24)17-6-8-25-18-5-4-15(28-2)11-16(17)18/h3-6,8,11,13-14,19,27H,1,7,9-10,12H2,2H3/t13-,14?,19+,20+/m0/s1. The summed E-state index contributed by atoms with van der Waals surface area (Å²) < 4.78 is 48.5. The summed E-state index contributed by atoms with van der Waals surface area (Å²) in [5.74, 6) is 0.684. The Morgan fingerprint density at radius 3 is 2.71 bits per heavy atom. The lowest BCUT2D eigenvalue weighted by atomic mass is 9.69. The van der Waals surface area contributed by atoms with Crippen LogP contribution in [0.15, 0.2) is 43.1 Å². The van der Waals surface area contributed by atoms with Gasteiger partial charge in [-0.05, 0) is 55.5 Å². The van der Waals surface area contributed by atoms with Crippen molar-refractivity contribution in [3.8, 4) is 5.75 Å². The number of methoxy groups -OCH3 is 1. The van der Waals surface area contributed by atoms with Gasteiger partial charge in [0, 0.05) is 23.7 Å². The van der Waals surface area contributed by atoms with E-state index < -0.39 is 17.8 Å². The Morgan fingerprint density at radius 1 is 1.32 bits per heavy atom. The van der Waals surface area contributed by atoms with Gasteiger partial charge in [-0.25, -0.2) is 0 Å². The number of piperidine rings is 3. The van der Waals surface area contributed by atoms with E-state index in [0.717, 1.165) is 6.42 Å². The lowest BCUT2D eigenvalue weighted by Gasteiger charge is -2.54. The van der Waals surface area contributed by atoms with Crippen LogP contribution in [0, 0.1) is 11.8 Å². The van der Waals surface area contributed by atoms with Crippen LogP contribution in [-0.4, -0.2) is 47.4 Å². The molecule has 3 aliphatic rings. The van der Waals surface area contributed by atoms with E-state index in [-0.39, 0.29) is 29.2 Å². The molecule has 3 fully saturated rings. The van der Waals surface area contributed by atoms with E-state index in [9.17, 15) is 18.3 Å². The van der Waals surface area contributed by atoms with Gasteiger partial charge in [0.25, 0.3) is 0 Å². The Kier molecular flexibility index (Phi) is 4.62. The van der Waals surface area contributed by atoms with Gasteiger partial charge in [-0.15, -0.1) is 6.58 Å². The third-order valence-electron chi connectivity index (χ3n) is 6.38. The summed E-state index contributed by atoms with van der Waals surface area (Å²) in [6, 6.07) is 5.00. The third-order valence-corrected chi connectivity index (χ3v) is 6.38. The monoisotopic (exact) mass is 392 g/mol. The highest BCUT2D eigenvalue weighted by atomic mass is 19.4. The van der Waals surface area contributed by atoms with Crippen molar-refractivity contribution in [2.75, 3.05) is 20.2 Å².